The van der Waals surface area contributed by atoms with Gasteiger partial charge in [0.1, 0.15) is 15.7 Å². The summed E-state index contributed by atoms with van der Waals surface area (Å²) in [5, 5.41) is 1.63. The molecule has 0 radical (unpaired) electrons. The van der Waals surface area contributed by atoms with Gasteiger partial charge in [-0.05, 0) is 35.2 Å². The van der Waals surface area contributed by atoms with E-state index in [0.717, 1.165) is 11.3 Å². The van der Waals surface area contributed by atoms with Crippen molar-refractivity contribution >= 4 is 38.7 Å². The fraction of sp³-hybridized carbons (Fsp3) is 0.0625. The minimum Gasteiger partial charge on any atom is -0.364 e. The Bertz CT molecular complexity index is 1040. The molecule has 0 bridgehead atoms. The summed E-state index contributed by atoms with van der Waals surface area (Å²) < 4.78 is 40.3. The molecule has 5 nitrogen and oxygen atoms in total. The van der Waals surface area contributed by atoms with Crippen LogP contribution in [0.2, 0.25) is 5.02 Å². The molecular weight excluding hydrogens is 387 g/mol. The molecule has 0 aliphatic carbocycles. The van der Waals surface area contributed by atoms with E-state index in [1.165, 1.54) is 35.0 Å². The van der Waals surface area contributed by atoms with Gasteiger partial charge in [0.05, 0.1) is 9.92 Å². The summed E-state index contributed by atoms with van der Waals surface area (Å²) in [6, 6.07) is 8.53. The van der Waals surface area contributed by atoms with Crippen LogP contribution in [0.15, 0.2) is 57.1 Å². The van der Waals surface area contributed by atoms with Crippen molar-refractivity contribution in [3.05, 3.63) is 70.1 Å². The molecule has 0 saturated carbocycles. The van der Waals surface area contributed by atoms with Gasteiger partial charge < -0.3 is 10.3 Å². The molecule has 9 heteroatoms. The highest BCUT2D eigenvalue weighted by Crippen LogP contribution is 2.27. The van der Waals surface area contributed by atoms with Crippen molar-refractivity contribution in [3.63, 3.8) is 0 Å². The van der Waals surface area contributed by atoms with E-state index in [1.54, 1.807) is 17.5 Å². The van der Waals surface area contributed by atoms with Crippen molar-refractivity contribution in [2.75, 3.05) is 0 Å². The Balaban J connectivity index is 2.04. The third kappa shape index (κ3) is 3.46. The average Bonchev–Trinajstić information content (AvgIpc) is 3.21. The molecule has 3 rings (SSSR count). The third-order valence-electron chi connectivity index (χ3n) is 3.53. The lowest BCUT2D eigenvalue weighted by Gasteiger charge is -2.07. The fourth-order valence-electron chi connectivity index (χ4n) is 2.34. The zero-order valence-corrected chi connectivity index (χ0v) is 15.0. The van der Waals surface area contributed by atoms with Crippen LogP contribution in [0.3, 0.4) is 0 Å². The Morgan fingerprint density at radius 3 is 2.64 bits per heavy atom. The number of aromatic nitrogens is 1. The number of hydrogen-bond donors (Lipinski definition) is 1. The van der Waals surface area contributed by atoms with E-state index in [4.69, 9.17) is 17.3 Å². The molecule has 3 aromatic rings. The van der Waals surface area contributed by atoms with Gasteiger partial charge in [-0.3, -0.25) is 4.79 Å². The van der Waals surface area contributed by atoms with Crippen LogP contribution in [-0.4, -0.2) is 18.9 Å². The normalized spacial score (nSPS) is 11.6. The predicted molar refractivity (Wildman–Crippen MR) is 93.2 cm³/mol. The molecule has 0 aliphatic heterocycles. The Hall–Kier alpha value is -2.16. The Morgan fingerprint density at radius 1 is 1.28 bits per heavy atom. The average molecular weight is 399 g/mol. The first kappa shape index (κ1) is 17.7. The van der Waals surface area contributed by atoms with Crippen LogP contribution in [0.1, 0.15) is 16.1 Å². The van der Waals surface area contributed by atoms with Gasteiger partial charge in [-0.1, -0.05) is 23.7 Å². The number of sulfone groups is 1. The first-order chi connectivity index (χ1) is 11.8. The quantitative estimate of drug-likeness (QED) is 0.715. The van der Waals surface area contributed by atoms with Crippen LogP contribution in [0.25, 0.3) is 0 Å². The standard InChI is InChI=1S/C16H12ClFN2O3S2/c17-12-4-3-10(6-13(12)18)8-20-9-11(7-14(20)16(19)21)25(22,23)15-2-1-5-24-15/h1-7,9H,8H2,(H2,19,21). The SMILES string of the molecule is NC(=O)c1cc(S(=O)(=O)c2cccs2)cn1Cc1ccc(Cl)c(F)c1. The largest absolute Gasteiger partial charge is 0.364 e. The number of hydrogen-bond acceptors (Lipinski definition) is 4. The predicted octanol–water partition coefficient (Wildman–Crippen LogP) is 3.32. The molecule has 25 heavy (non-hydrogen) atoms. The van der Waals surface area contributed by atoms with E-state index in [-0.39, 0.29) is 26.4 Å². The highest BCUT2D eigenvalue weighted by atomic mass is 35.5. The summed E-state index contributed by atoms with van der Waals surface area (Å²) in [7, 11) is -3.74. The fourth-order valence-corrected chi connectivity index (χ4v) is 4.89. The molecule has 2 aromatic heterocycles. The van der Waals surface area contributed by atoms with E-state index in [1.807, 2.05) is 0 Å². The number of primary amides is 1. The van der Waals surface area contributed by atoms with Gasteiger partial charge in [0, 0.05) is 12.7 Å². The van der Waals surface area contributed by atoms with Crippen molar-refractivity contribution in [1.29, 1.82) is 0 Å². The van der Waals surface area contributed by atoms with E-state index in [2.05, 4.69) is 0 Å². The van der Waals surface area contributed by atoms with Crippen LogP contribution >= 0.6 is 22.9 Å². The van der Waals surface area contributed by atoms with Crippen molar-refractivity contribution < 1.29 is 17.6 Å². The van der Waals surface area contributed by atoms with E-state index in [0.29, 0.717) is 5.56 Å². The molecule has 2 heterocycles. The molecule has 130 valence electrons. The maximum Gasteiger partial charge on any atom is 0.265 e. The highest BCUT2D eigenvalue weighted by Gasteiger charge is 2.23. The van der Waals surface area contributed by atoms with Crippen molar-refractivity contribution in [2.45, 2.75) is 15.6 Å². The van der Waals surface area contributed by atoms with E-state index in [9.17, 15) is 17.6 Å². The number of amides is 1. The lowest BCUT2D eigenvalue weighted by atomic mass is 10.2. The van der Waals surface area contributed by atoms with Gasteiger partial charge in [-0.2, -0.15) is 0 Å². The van der Waals surface area contributed by atoms with Crippen LogP contribution in [0.5, 0.6) is 0 Å². The number of halogens is 2. The first-order valence-electron chi connectivity index (χ1n) is 7.01. The van der Waals surface area contributed by atoms with E-state index >= 15 is 0 Å². The summed E-state index contributed by atoms with van der Waals surface area (Å²) in [6.45, 7) is 0.0757. The van der Waals surface area contributed by atoms with Crippen LogP contribution in [0.4, 0.5) is 4.39 Å². The van der Waals surface area contributed by atoms with E-state index < -0.39 is 21.6 Å². The second kappa shape index (κ2) is 6.62. The van der Waals surface area contributed by atoms with Crippen LogP contribution < -0.4 is 5.73 Å². The Morgan fingerprint density at radius 2 is 2.04 bits per heavy atom. The number of carbonyl (C=O) groups excluding carboxylic acids is 1. The maximum atomic E-state index is 13.6. The summed E-state index contributed by atoms with van der Waals surface area (Å²) in [5.74, 6) is -1.37. The molecule has 0 atom stereocenters. The van der Waals surface area contributed by atoms with Crippen molar-refractivity contribution in [1.82, 2.24) is 4.57 Å². The van der Waals surface area contributed by atoms with Gasteiger partial charge in [0.25, 0.3) is 5.91 Å². The maximum absolute atomic E-state index is 13.6. The Kier molecular flexibility index (Phi) is 4.68. The molecule has 0 unspecified atom stereocenters. The highest BCUT2D eigenvalue weighted by molar-refractivity contribution is 7.93. The number of thiophene rings is 1. The molecule has 2 N–H and O–H groups in total. The second-order valence-electron chi connectivity index (χ2n) is 5.24. The van der Waals surface area contributed by atoms with Gasteiger partial charge in [-0.25, -0.2) is 12.8 Å². The molecule has 1 aromatic carbocycles. The van der Waals surface area contributed by atoms with Gasteiger partial charge in [0.15, 0.2) is 0 Å². The second-order valence-corrected chi connectivity index (χ2v) is 8.77. The van der Waals surface area contributed by atoms with Gasteiger partial charge in [0.2, 0.25) is 9.84 Å². The number of carbonyl (C=O) groups is 1. The molecule has 0 saturated heterocycles. The molecule has 0 aliphatic rings. The Labute approximate surface area is 152 Å². The zero-order valence-electron chi connectivity index (χ0n) is 12.6. The number of benzene rings is 1. The monoisotopic (exact) mass is 398 g/mol. The smallest absolute Gasteiger partial charge is 0.265 e. The molecule has 1 amide bonds. The van der Waals surface area contributed by atoms with Crippen molar-refractivity contribution in [2.24, 2.45) is 5.73 Å². The summed E-state index contributed by atoms with van der Waals surface area (Å²) >= 11 is 6.73. The van der Waals surface area contributed by atoms with Crippen molar-refractivity contribution in [3.8, 4) is 0 Å². The molecule has 0 spiro atoms. The summed E-state index contributed by atoms with van der Waals surface area (Å²) in [5.41, 5.74) is 5.88. The summed E-state index contributed by atoms with van der Waals surface area (Å²) in [4.78, 5) is 11.6. The first-order valence-corrected chi connectivity index (χ1v) is 9.75. The topological polar surface area (TPSA) is 82.2 Å². The van der Waals surface area contributed by atoms with Gasteiger partial charge >= 0.3 is 0 Å². The number of rotatable bonds is 5. The number of nitrogens with zero attached hydrogens (tertiary/aromatic N) is 1. The third-order valence-corrected chi connectivity index (χ3v) is 6.96. The summed E-state index contributed by atoms with van der Waals surface area (Å²) in [6.07, 6.45) is 1.32. The minimum absolute atomic E-state index is 0.0190. The minimum atomic E-state index is -3.74. The lowest BCUT2D eigenvalue weighted by molar-refractivity contribution is 0.0992. The van der Waals surface area contributed by atoms with Gasteiger partial charge in [-0.15, -0.1) is 11.3 Å². The zero-order chi connectivity index (χ0) is 18.2. The van der Waals surface area contributed by atoms with Crippen LogP contribution in [0, 0.1) is 5.82 Å². The number of nitrogens with two attached hydrogens (primary N) is 1. The molecular formula is C16H12ClFN2O3S2. The molecule has 0 fully saturated rings. The van der Waals surface area contributed by atoms with Crippen LogP contribution in [-0.2, 0) is 16.4 Å². The lowest BCUT2D eigenvalue weighted by Crippen LogP contribution is -2.16.